The highest BCUT2D eigenvalue weighted by atomic mass is 35.5. The largest absolute Gasteiger partial charge is 0.417 e. The molecule has 1 heterocycles. The first-order chi connectivity index (χ1) is 12.4. The van der Waals surface area contributed by atoms with Crippen LogP contribution in [0.15, 0.2) is 23.1 Å². The molecule has 1 fully saturated rings. The van der Waals surface area contributed by atoms with Gasteiger partial charge in [0.1, 0.15) is 0 Å². The Morgan fingerprint density at radius 2 is 1.85 bits per heavy atom. The van der Waals surface area contributed by atoms with E-state index < -0.39 is 31.7 Å². The molecule has 5 nitrogen and oxygen atoms in total. The van der Waals surface area contributed by atoms with Crippen LogP contribution < -0.4 is 4.72 Å². The van der Waals surface area contributed by atoms with Crippen LogP contribution in [0.2, 0.25) is 5.02 Å². The second kappa shape index (κ2) is 8.36. The molecule has 152 valence electrons. The number of nitrogens with one attached hydrogen (secondary N) is 1. The van der Waals surface area contributed by atoms with Crippen LogP contribution in [0, 0.1) is 11.8 Å². The van der Waals surface area contributed by atoms with E-state index in [1.807, 2.05) is 0 Å². The van der Waals surface area contributed by atoms with Gasteiger partial charge in [-0.2, -0.15) is 13.2 Å². The molecule has 2 atom stereocenters. The van der Waals surface area contributed by atoms with E-state index in [0.29, 0.717) is 31.0 Å². The molecule has 10 heteroatoms. The third-order valence-corrected chi connectivity index (χ3v) is 6.19. The number of carbonyl (C=O) groups excluding carboxylic acids is 1. The quantitative estimate of drug-likeness (QED) is 0.783. The van der Waals surface area contributed by atoms with Crippen molar-refractivity contribution < 1.29 is 26.4 Å². The van der Waals surface area contributed by atoms with Gasteiger partial charge in [0.15, 0.2) is 0 Å². The Morgan fingerprint density at radius 1 is 1.26 bits per heavy atom. The van der Waals surface area contributed by atoms with Gasteiger partial charge in [0.2, 0.25) is 15.9 Å². The number of hydrogen-bond donors (Lipinski definition) is 1. The molecule has 1 saturated heterocycles. The van der Waals surface area contributed by atoms with Gasteiger partial charge in [-0.3, -0.25) is 4.79 Å². The fourth-order valence-electron chi connectivity index (χ4n) is 3.29. The highest BCUT2D eigenvalue weighted by molar-refractivity contribution is 7.89. The average molecular weight is 427 g/mol. The van der Waals surface area contributed by atoms with Crippen molar-refractivity contribution in [1.82, 2.24) is 9.62 Å². The maximum Gasteiger partial charge on any atom is 0.417 e. The molecule has 2 rings (SSSR count). The molecule has 0 spiro atoms. The number of rotatable bonds is 5. The van der Waals surface area contributed by atoms with E-state index in [1.165, 1.54) is 0 Å². The van der Waals surface area contributed by atoms with Gasteiger partial charge < -0.3 is 4.90 Å². The summed E-state index contributed by atoms with van der Waals surface area (Å²) >= 11 is 5.50. The minimum absolute atomic E-state index is 0.0572. The third-order valence-electron chi connectivity index (χ3n) is 4.41. The highest BCUT2D eigenvalue weighted by Crippen LogP contribution is 2.35. The summed E-state index contributed by atoms with van der Waals surface area (Å²) in [4.78, 5) is 13.4. The van der Waals surface area contributed by atoms with Gasteiger partial charge in [-0.15, -0.1) is 0 Å². The van der Waals surface area contributed by atoms with Crippen LogP contribution in [-0.4, -0.2) is 38.9 Å². The number of piperidine rings is 1. The summed E-state index contributed by atoms with van der Waals surface area (Å²) in [6.45, 7) is 5.17. The van der Waals surface area contributed by atoms with Crippen LogP contribution in [0.5, 0.6) is 0 Å². The summed E-state index contributed by atoms with van der Waals surface area (Å²) in [6.07, 6.45) is -3.78. The van der Waals surface area contributed by atoms with Crippen LogP contribution in [0.25, 0.3) is 0 Å². The van der Waals surface area contributed by atoms with E-state index in [4.69, 9.17) is 11.6 Å². The van der Waals surface area contributed by atoms with Crippen LogP contribution in [0.4, 0.5) is 13.2 Å². The Kier molecular flexibility index (Phi) is 6.81. The molecule has 1 aromatic carbocycles. The zero-order valence-electron chi connectivity index (χ0n) is 15.0. The minimum Gasteiger partial charge on any atom is -0.342 e. The summed E-state index contributed by atoms with van der Waals surface area (Å²) in [7, 11) is -4.19. The summed E-state index contributed by atoms with van der Waals surface area (Å²) < 4.78 is 65.3. The number of hydrogen-bond acceptors (Lipinski definition) is 3. The smallest absolute Gasteiger partial charge is 0.342 e. The molecule has 0 aliphatic carbocycles. The second-order valence-corrected chi connectivity index (χ2v) is 9.21. The van der Waals surface area contributed by atoms with Crippen molar-refractivity contribution >= 4 is 27.5 Å². The fourth-order valence-corrected chi connectivity index (χ4v) is 4.57. The van der Waals surface area contributed by atoms with Gasteiger partial charge in [0.05, 0.1) is 15.5 Å². The van der Waals surface area contributed by atoms with E-state index in [1.54, 1.807) is 4.90 Å². The van der Waals surface area contributed by atoms with Gasteiger partial charge >= 0.3 is 6.18 Å². The standard InChI is InChI=1S/C17H22ClF3N2O3S/c1-11-7-12(2)10-23(9-11)16(24)5-6-22-27(25,26)13-3-4-15(18)14(8-13)17(19,20)21/h3-4,8,11-12,22H,5-7,9-10H2,1-2H3. The predicted octanol–water partition coefficient (Wildman–Crippen LogP) is 3.53. The number of likely N-dealkylation sites (tertiary alicyclic amines) is 1. The maximum atomic E-state index is 12.9. The van der Waals surface area contributed by atoms with Crippen LogP contribution in [0.1, 0.15) is 32.3 Å². The molecule has 27 heavy (non-hydrogen) atoms. The van der Waals surface area contributed by atoms with Crippen molar-refractivity contribution in [3.05, 3.63) is 28.8 Å². The van der Waals surface area contributed by atoms with Crippen LogP contribution in [-0.2, 0) is 21.0 Å². The number of alkyl halides is 3. The third kappa shape index (κ3) is 5.83. The van der Waals surface area contributed by atoms with Crippen molar-refractivity contribution in [2.24, 2.45) is 11.8 Å². The molecular formula is C17H22ClF3N2O3S. The highest BCUT2D eigenvalue weighted by Gasteiger charge is 2.34. The van der Waals surface area contributed by atoms with Gasteiger partial charge in [-0.05, 0) is 36.5 Å². The van der Waals surface area contributed by atoms with Crippen molar-refractivity contribution in [2.45, 2.75) is 37.8 Å². The first-order valence-electron chi connectivity index (χ1n) is 8.54. The van der Waals surface area contributed by atoms with Crippen LogP contribution in [0.3, 0.4) is 0 Å². The lowest BCUT2D eigenvalue weighted by atomic mass is 9.92. The Balaban J connectivity index is 2.00. The number of amides is 1. The molecule has 1 N–H and O–H groups in total. The lowest BCUT2D eigenvalue weighted by Gasteiger charge is -2.35. The lowest BCUT2D eigenvalue weighted by molar-refractivity contribution is -0.137. The van der Waals surface area contributed by atoms with Crippen LogP contribution >= 0.6 is 11.6 Å². The molecule has 2 unspecified atom stereocenters. The molecule has 0 radical (unpaired) electrons. The Hall–Kier alpha value is -1.32. The molecule has 0 saturated carbocycles. The Labute approximate surface area is 161 Å². The number of benzene rings is 1. The van der Waals surface area contributed by atoms with Crippen molar-refractivity contribution in [3.8, 4) is 0 Å². The number of carbonyl (C=O) groups is 1. The second-order valence-electron chi connectivity index (χ2n) is 7.03. The minimum atomic E-state index is -4.76. The maximum absolute atomic E-state index is 12.9. The van der Waals surface area contributed by atoms with Gasteiger partial charge in [0.25, 0.3) is 0 Å². The summed E-state index contributed by atoms with van der Waals surface area (Å²) in [5.74, 6) is 0.580. The van der Waals surface area contributed by atoms with Gasteiger partial charge in [-0.25, -0.2) is 13.1 Å². The molecule has 1 aliphatic rings. The van der Waals surface area contributed by atoms with E-state index in [0.717, 1.165) is 18.6 Å². The Morgan fingerprint density at radius 3 is 2.41 bits per heavy atom. The van der Waals surface area contributed by atoms with E-state index in [-0.39, 0.29) is 18.9 Å². The van der Waals surface area contributed by atoms with Crippen molar-refractivity contribution in [1.29, 1.82) is 0 Å². The first kappa shape index (κ1) is 22.0. The van der Waals surface area contributed by atoms with Crippen molar-refractivity contribution in [2.75, 3.05) is 19.6 Å². The lowest BCUT2D eigenvalue weighted by Crippen LogP contribution is -2.43. The van der Waals surface area contributed by atoms with E-state index in [9.17, 15) is 26.4 Å². The first-order valence-corrected chi connectivity index (χ1v) is 10.4. The average Bonchev–Trinajstić information content (AvgIpc) is 2.52. The zero-order valence-corrected chi connectivity index (χ0v) is 16.6. The SMILES string of the molecule is CC1CC(C)CN(C(=O)CCNS(=O)(=O)c2ccc(Cl)c(C(F)(F)F)c2)C1. The molecule has 1 aromatic rings. The van der Waals surface area contributed by atoms with Crippen molar-refractivity contribution in [3.63, 3.8) is 0 Å². The number of sulfonamides is 1. The van der Waals surface area contributed by atoms with Gasteiger partial charge in [0, 0.05) is 26.1 Å². The van der Waals surface area contributed by atoms with E-state index in [2.05, 4.69) is 18.6 Å². The number of halogens is 4. The molecule has 0 aromatic heterocycles. The topological polar surface area (TPSA) is 66.5 Å². The predicted molar refractivity (Wildman–Crippen MR) is 95.8 cm³/mol. The summed E-state index contributed by atoms with van der Waals surface area (Å²) in [5, 5.41) is -0.579. The molecule has 1 amide bonds. The normalized spacial score (nSPS) is 21.3. The molecule has 0 bridgehead atoms. The number of nitrogens with zero attached hydrogens (tertiary/aromatic N) is 1. The Bertz CT molecular complexity index is 789. The van der Waals surface area contributed by atoms with Gasteiger partial charge in [-0.1, -0.05) is 25.4 Å². The molecular weight excluding hydrogens is 405 g/mol. The fraction of sp³-hybridized carbons (Fsp3) is 0.588. The monoisotopic (exact) mass is 426 g/mol. The molecule has 1 aliphatic heterocycles. The summed E-state index contributed by atoms with van der Waals surface area (Å²) in [5.41, 5.74) is -1.22. The van der Waals surface area contributed by atoms with E-state index >= 15 is 0 Å². The zero-order chi connectivity index (χ0) is 20.4. The summed E-state index contributed by atoms with van der Waals surface area (Å²) in [6, 6.07) is 2.37.